The zero-order valence-electron chi connectivity index (χ0n) is 9.02. The topological polar surface area (TPSA) is 107 Å². The molecule has 0 radical (unpaired) electrons. The minimum Gasteiger partial charge on any atom is -0.373 e. The average molecular weight is 227 g/mol. The van der Waals surface area contributed by atoms with Crippen molar-refractivity contribution in [2.24, 2.45) is 11.5 Å². The summed E-state index contributed by atoms with van der Waals surface area (Å²) in [4.78, 5) is 22.2. The second-order valence-corrected chi connectivity index (χ2v) is 4.50. The summed E-state index contributed by atoms with van der Waals surface area (Å²) < 4.78 is 5.60. The van der Waals surface area contributed by atoms with Crippen LogP contribution < -0.4 is 16.8 Å². The summed E-state index contributed by atoms with van der Waals surface area (Å²) in [6, 6.07) is -0.804. The van der Waals surface area contributed by atoms with Crippen LogP contribution in [-0.2, 0) is 14.3 Å². The lowest BCUT2D eigenvalue weighted by Crippen LogP contribution is -2.49. The SMILES string of the molecule is NC(=O)CC(N)C(=O)NC1CC2CCC1O2. The van der Waals surface area contributed by atoms with Crippen molar-refractivity contribution in [2.45, 2.75) is 50.0 Å². The van der Waals surface area contributed by atoms with E-state index in [2.05, 4.69) is 5.32 Å². The summed E-state index contributed by atoms with van der Waals surface area (Å²) in [6.45, 7) is 0. The third-order valence-corrected chi connectivity index (χ3v) is 3.19. The molecule has 2 amide bonds. The van der Waals surface area contributed by atoms with Gasteiger partial charge in [0.2, 0.25) is 11.8 Å². The van der Waals surface area contributed by atoms with Gasteiger partial charge in [0.15, 0.2) is 0 Å². The van der Waals surface area contributed by atoms with Crippen molar-refractivity contribution in [1.82, 2.24) is 5.32 Å². The number of rotatable bonds is 4. The van der Waals surface area contributed by atoms with E-state index in [1.54, 1.807) is 0 Å². The van der Waals surface area contributed by atoms with E-state index in [0.717, 1.165) is 19.3 Å². The van der Waals surface area contributed by atoms with Crippen LogP contribution in [0.25, 0.3) is 0 Å². The summed E-state index contributed by atoms with van der Waals surface area (Å²) in [7, 11) is 0. The molecule has 2 aliphatic rings. The van der Waals surface area contributed by atoms with Crippen LogP contribution in [0.4, 0.5) is 0 Å². The Labute approximate surface area is 93.7 Å². The highest BCUT2D eigenvalue weighted by Gasteiger charge is 2.41. The van der Waals surface area contributed by atoms with E-state index in [-0.39, 0.29) is 30.6 Å². The number of ether oxygens (including phenoxy) is 1. The number of primary amides is 1. The predicted octanol–water partition coefficient (Wildman–Crippen LogP) is -1.37. The first-order valence-corrected chi connectivity index (χ1v) is 5.56. The van der Waals surface area contributed by atoms with Gasteiger partial charge in [-0.25, -0.2) is 0 Å². The maximum Gasteiger partial charge on any atom is 0.237 e. The van der Waals surface area contributed by atoms with E-state index >= 15 is 0 Å². The molecule has 0 spiro atoms. The number of carbonyl (C=O) groups excluding carboxylic acids is 2. The van der Waals surface area contributed by atoms with Crippen molar-refractivity contribution in [3.63, 3.8) is 0 Å². The molecule has 6 heteroatoms. The molecule has 0 aromatic rings. The van der Waals surface area contributed by atoms with E-state index < -0.39 is 11.9 Å². The summed E-state index contributed by atoms with van der Waals surface area (Å²) in [6.07, 6.45) is 3.19. The number of carbonyl (C=O) groups is 2. The molecule has 2 rings (SSSR count). The highest BCUT2D eigenvalue weighted by Crippen LogP contribution is 2.34. The smallest absolute Gasteiger partial charge is 0.237 e. The molecule has 0 aromatic heterocycles. The molecule has 2 saturated heterocycles. The Morgan fingerprint density at radius 1 is 1.44 bits per heavy atom. The van der Waals surface area contributed by atoms with E-state index in [1.807, 2.05) is 0 Å². The minimum atomic E-state index is -0.850. The molecule has 2 aliphatic heterocycles. The molecule has 2 fully saturated rings. The second-order valence-electron chi connectivity index (χ2n) is 4.50. The standard InChI is InChI=1S/C10H17N3O3/c11-6(4-9(12)14)10(15)13-7-3-5-1-2-8(7)16-5/h5-8H,1-4,11H2,(H2,12,14)(H,13,15). The number of nitrogens with one attached hydrogen (secondary N) is 1. The molecule has 2 bridgehead atoms. The molecular formula is C10H17N3O3. The zero-order chi connectivity index (χ0) is 11.7. The first-order valence-electron chi connectivity index (χ1n) is 5.56. The van der Waals surface area contributed by atoms with Gasteiger partial charge in [-0.15, -0.1) is 0 Å². The molecule has 0 saturated carbocycles. The van der Waals surface area contributed by atoms with Crippen LogP contribution in [0.5, 0.6) is 0 Å². The third kappa shape index (κ3) is 2.33. The van der Waals surface area contributed by atoms with E-state index in [4.69, 9.17) is 16.2 Å². The highest BCUT2D eigenvalue weighted by molar-refractivity contribution is 5.87. The third-order valence-electron chi connectivity index (χ3n) is 3.19. The molecular weight excluding hydrogens is 210 g/mol. The molecule has 4 atom stereocenters. The van der Waals surface area contributed by atoms with Crippen molar-refractivity contribution < 1.29 is 14.3 Å². The van der Waals surface area contributed by atoms with Crippen molar-refractivity contribution in [3.05, 3.63) is 0 Å². The van der Waals surface area contributed by atoms with Crippen LogP contribution in [0, 0.1) is 0 Å². The summed E-state index contributed by atoms with van der Waals surface area (Å²) >= 11 is 0. The quantitative estimate of drug-likeness (QED) is 0.550. The van der Waals surface area contributed by atoms with Gasteiger partial charge in [-0.3, -0.25) is 9.59 Å². The fourth-order valence-corrected chi connectivity index (χ4v) is 2.39. The Morgan fingerprint density at radius 3 is 2.69 bits per heavy atom. The molecule has 5 N–H and O–H groups in total. The Bertz CT molecular complexity index is 308. The lowest BCUT2D eigenvalue weighted by molar-refractivity contribution is -0.127. The Hall–Kier alpha value is -1.14. The lowest BCUT2D eigenvalue weighted by atomic mass is 9.95. The Morgan fingerprint density at radius 2 is 2.19 bits per heavy atom. The van der Waals surface area contributed by atoms with Crippen molar-refractivity contribution in [1.29, 1.82) is 0 Å². The van der Waals surface area contributed by atoms with Crippen LogP contribution >= 0.6 is 0 Å². The van der Waals surface area contributed by atoms with Gasteiger partial charge in [0.1, 0.15) is 0 Å². The number of amides is 2. The molecule has 6 nitrogen and oxygen atoms in total. The molecule has 0 aliphatic carbocycles. The summed E-state index contributed by atoms with van der Waals surface area (Å²) in [5, 5.41) is 2.82. The van der Waals surface area contributed by atoms with E-state index in [0.29, 0.717) is 0 Å². The van der Waals surface area contributed by atoms with Crippen LogP contribution in [-0.4, -0.2) is 36.1 Å². The van der Waals surface area contributed by atoms with E-state index in [9.17, 15) is 9.59 Å². The van der Waals surface area contributed by atoms with Crippen molar-refractivity contribution >= 4 is 11.8 Å². The fraction of sp³-hybridized carbons (Fsp3) is 0.800. The maximum absolute atomic E-state index is 11.6. The predicted molar refractivity (Wildman–Crippen MR) is 56.2 cm³/mol. The van der Waals surface area contributed by atoms with Gasteiger partial charge in [-0.2, -0.15) is 0 Å². The zero-order valence-corrected chi connectivity index (χ0v) is 9.02. The molecule has 16 heavy (non-hydrogen) atoms. The monoisotopic (exact) mass is 227 g/mol. The van der Waals surface area contributed by atoms with Gasteiger partial charge in [-0.05, 0) is 19.3 Å². The first-order chi connectivity index (χ1) is 7.56. The summed E-state index contributed by atoms with van der Waals surface area (Å²) in [5.41, 5.74) is 10.5. The minimum absolute atomic E-state index is 0.0465. The molecule has 0 aromatic carbocycles. The van der Waals surface area contributed by atoms with Crippen molar-refractivity contribution in [3.8, 4) is 0 Å². The lowest BCUT2D eigenvalue weighted by Gasteiger charge is -2.21. The second kappa shape index (κ2) is 4.39. The highest BCUT2D eigenvalue weighted by atomic mass is 16.5. The fourth-order valence-electron chi connectivity index (χ4n) is 2.39. The van der Waals surface area contributed by atoms with E-state index in [1.165, 1.54) is 0 Å². The van der Waals surface area contributed by atoms with Gasteiger partial charge in [-0.1, -0.05) is 0 Å². The van der Waals surface area contributed by atoms with Gasteiger partial charge in [0, 0.05) is 0 Å². The van der Waals surface area contributed by atoms with Gasteiger partial charge >= 0.3 is 0 Å². The number of hydrogen-bond acceptors (Lipinski definition) is 4. The van der Waals surface area contributed by atoms with Crippen LogP contribution in [0.1, 0.15) is 25.7 Å². The molecule has 90 valence electrons. The van der Waals surface area contributed by atoms with Gasteiger partial charge in [0.25, 0.3) is 0 Å². The Balaban J connectivity index is 1.81. The van der Waals surface area contributed by atoms with Gasteiger partial charge < -0.3 is 21.5 Å². The maximum atomic E-state index is 11.6. The molecule has 2 heterocycles. The summed E-state index contributed by atoms with van der Waals surface area (Å²) in [5.74, 6) is -0.883. The van der Waals surface area contributed by atoms with Crippen LogP contribution in [0.2, 0.25) is 0 Å². The number of fused-ring (bicyclic) bond motifs is 2. The number of nitrogens with two attached hydrogens (primary N) is 2. The molecule has 4 unspecified atom stereocenters. The normalized spacial score (nSPS) is 33.7. The van der Waals surface area contributed by atoms with Gasteiger partial charge in [0.05, 0.1) is 30.7 Å². The van der Waals surface area contributed by atoms with Crippen molar-refractivity contribution in [2.75, 3.05) is 0 Å². The largest absolute Gasteiger partial charge is 0.373 e. The average Bonchev–Trinajstić information content (AvgIpc) is 2.77. The van der Waals surface area contributed by atoms with Crippen LogP contribution in [0.15, 0.2) is 0 Å². The number of hydrogen-bond donors (Lipinski definition) is 3. The Kier molecular flexibility index (Phi) is 3.11. The van der Waals surface area contributed by atoms with Crippen LogP contribution in [0.3, 0.4) is 0 Å². The first kappa shape index (κ1) is 11.3.